The molecule has 3 N–H and O–H groups in total. The summed E-state index contributed by atoms with van der Waals surface area (Å²) in [5, 5.41) is 4.61. The van der Waals surface area contributed by atoms with Gasteiger partial charge in [0.2, 0.25) is 0 Å². The predicted molar refractivity (Wildman–Crippen MR) is 56.6 cm³/mol. The van der Waals surface area contributed by atoms with E-state index in [0.717, 1.165) is 0 Å². The Kier molecular flexibility index (Phi) is 4.02. The van der Waals surface area contributed by atoms with Crippen molar-refractivity contribution in [1.29, 1.82) is 0 Å². The average molecular weight is 235 g/mol. The number of hydrogen-bond acceptors (Lipinski definition) is 4. The molecule has 15 heavy (non-hydrogen) atoms. The van der Waals surface area contributed by atoms with Gasteiger partial charge in [0.05, 0.1) is 6.61 Å². The highest BCUT2D eigenvalue weighted by atomic mass is 31.2. The van der Waals surface area contributed by atoms with E-state index in [1.807, 2.05) is 0 Å². The monoisotopic (exact) mass is 235 g/mol. The molecule has 2 atom stereocenters. The second-order valence-electron chi connectivity index (χ2n) is 3.50. The van der Waals surface area contributed by atoms with Crippen molar-refractivity contribution in [2.24, 2.45) is 0 Å². The van der Waals surface area contributed by atoms with Crippen molar-refractivity contribution in [3.05, 3.63) is 0 Å². The van der Waals surface area contributed by atoms with Crippen LogP contribution in [0.1, 0.15) is 13.3 Å². The second kappa shape index (κ2) is 4.88. The van der Waals surface area contributed by atoms with Gasteiger partial charge in [-0.1, -0.05) is 0 Å². The molecule has 0 aromatic heterocycles. The Morgan fingerprint density at radius 3 is 2.67 bits per heavy atom. The van der Waals surface area contributed by atoms with Crippen LogP contribution in [0.4, 0.5) is 4.79 Å². The molecule has 1 aliphatic rings. The van der Waals surface area contributed by atoms with Crippen molar-refractivity contribution in [3.8, 4) is 0 Å². The first-order valence-electron chi connectivity index (χ1n) is 4.79. The summed E-state index contributed by atoms with van der Waals surface area (Å²) in [6.07, 6.45) is 0.803. The van der Waals surface area contributed by atoms with Gasteiger partial charge < -0.3 is 5.32 Å². The largest absolute Gasteiger partial charge is 0.326 e. The third-order valence-corrected chi connectivity index (χ3v) is 4.00. The van der Waals surface area contributed by atoms with Crippen LogP contribution in [-0.2, 0) is 9.32 Å². The zero-order valence-corrected chi connectivity index (χ0v) is 9.71. The number of amides is 3. The first-order valence-corrected chi connectivity index (χ1v) is 7.08. The molecule has 1 heterocycles. The van der Waals surface area contributed by atoms with Gasteiger partial charge in [-0.05, 0) is 6.92 Å². The maximum atomic E-state index is 11.2. The van der Waals surface area contributed by atoms with E-state index in [-0.39, 0.29) is 5.91 Å². The molecule has 1 saturated heterocycles. The highest BCUT2D eigenvalue weighted by Crippen LogP contribution is 2.52. The topological polar surface area (TPSA) is 87.7 Å². The van der Waals surface area contributed by atoms with E-state index >= 15 is 0 Å². The van der Waals surface area contributed by atoms with Gasteiger partial charge >= 0.3 is 6.03 Å². The highest BCUT2D eigenvalue weighted by molar-refractivity contribution is 7.64. The fourth-order valence-electron chi connectivity index (χ4n) is 1.37. The number of urea groups is 1. The van der Waals surface area contributed by atoms with Crippen LogP contribution in [0.3, 0.4) is 0 Å². The Bertz CT molecular complexity index is 269. The van der Waals surface area contributed by atoms with E-state index in [4.69, 9.17) is 4.52 Å². The van der Waals surface area contributed by atoms with E-state index in [1.165, 1.54) is 0 Å². The Morgan fingerprint density at radius 2 is 2.20 bits per heavy atom. The minimum Gasteiger partial charge on any atom is -0.326 e. The first kappa shape index (κ1) is 12.4. The van der Waals surface area contributed by atoms with E-state index in [0.29, 0.717) is 19.2 Å². The van der Waals surface area contributed by atoms with Gasteiger partial charge in [0.1, 0.15) is 18.9 Å². The summed E-state index contributed by atoms with van der Waals surface area (Å²) in [6.45, 7) is 3.90. The molecule has 7 heteroatoms. The summed E-state index contributed by atoms with van der Waals surface area (Å²) in [5.74, 6) is -0.337. The molecule has 0 aromatic rings. The van der Waals surface area contributed by atoms with Crippen LogP contribution in [0.5, 0.6) is 0 Å². The van der Waals surface area contributed by atoms with Gasteiger partial charge in [-0.15, -0.1) is 0 Å². The molecule has 1 fully saturated rings. The van der Waals surface area contributed by atoms with Crippen molar-refractivity contribution >= 4 is 19.7 Å². The summed E-state index contributed by atoms with van der Waals surface area (Å²) in [7, 11) is -2.37. The Labute approximate surface area is 88.9 Å². The van der Waals surface area contributed by atoms with Gasteiger partial charge in [0.15, 0.2) is 0 Å². The first-order chi connectivity index (χ1) is 6.94. The lowest BCUT2D eigenvalue weighted by atomic mass is 10.2. The fourth-order valence-corrected chi connectivity index (χ4v) is 2.80. The van der Waals surface area contributed by atoms with Gasteiger partial charge in [-0.25, -0.2) is 14.2 Å². The fraction of sp³-hybridized carbons (Fsp3) is 0.750. The van der Waals surface area contributed by atoms with Crippen molar-refractivity contribution in [3.63, 3.8) is 0 Å². The lowest BCUT2D eigenvalue weighted by Crippen LogP contribution is -2.30. The summed E-state index contributed by atoms with van der Waals surface area (Å²) < 4.78 is 5.17. The van der Waals surface area contributed by atoms with E-state index in [2.05, 4.69) is 10.6 Å². The number of hydrogen-bond donors (Lipinski definition) is 3. The van der Waals surface area contributed by atoms with Gasteiger partial charge in [-0.3, -0.25) is 10.1 Å². The molecule has 0 aromatic carbocycles. The predicted octanol–water partition coefficient (Wildman–Crippen LogP) is 0.0907. The van der Waals surface area contributed by atoms with Crippen LogP contribution in [0.25, 0.3) is 0 Å². The van der Waals surface area contributed by atoms with Crippen molar-refractivity contribution in [1.82, 2.24) is 10.6 Å². The van der Waals surface area contributed by atoms with Crippen LogP contribution < -0.4 is 10.6 Å². The maximum absolute atomic E-state index is 11.2. The van der Waals surface area contributed by atoms with Crippen molar-refractivity contribution < 1.29 is 19.0 Å². The molecule has 1 aliphatic heterocycles. The molecule has 0 spiro atoms. The zero-order chi connectivity index (χ0) is 11.5. The van der Waals surface area contributed by atoms with Crippen LogP contribution in [0, 0.1) is 0 Å². The molecule has 86 valence electrons. The Morgan fingerprint density at radius 1 is 1.53 bits per heavy atom. The SMILES string of the molecule is CCO[P+](C)(O)CCC1NC(=O)NC1=O. The summed E-state index contributed by atoms with van der Waals surface area (Å²) in [4.78, 5) is 31.7. The van der Waals surface area contributed by atoms with Crippen LogP contribution in [-0.4, -0.2) is 42.3 Å². The van der Waals surface area contributed by atoms with E-state index < -0.39 is 19.8 Å². The number of carbonyl (C=O) groups is 2. The molecule has 0 aliphatic carbocycles. The van der Waals surface area contributed by atoms with Crippen molar-refractivity contribution in [2.75, 3.05) is 19.4 Å². The third kappa shape index (κ3) is 3.74. The molecule has 1 rings (SSSR count). The molecule has 0 saturated carbocycles. The second-order valence-corrected chi connectivity index (χ2v) is 6.30. The van der Waals surface area contributed by atoms with Crippen LogP contribution in [0.2, 0.25) is 0 Å². The molecular formula is C8H16N2O4P+. The van der Waals surface area contributed by atoms with Gasteiger partial charge in [0.25, 0.3) is 13.6 Å². The molecule has 0 radical (unpaired) electrons. The van der Waals surface area contributed by atoms with Crippen molar-refractivity contribution in [2.45, 2.75) is 19.4 Å². The molecular weight excluding hydrogens is 219 g/mol. The quantitative estimate of drug-likeness (QED) is 0.465. The standard InChI is InChI=1S/C8H15N2O4P/c1-3-14-15(2,13)5-4-6-7(11)10-8(12)9-6/h6,13H,3-5H2,1-2H3,(H-,9,10,11,12)/p+1. The molecule has 2 unspecified atom stereocenters. The normalized spacial score (nSPS) is 24.6. The molecule has 0 bridgehead atoms. The highest BCUT2D eigenvalue weighted by Gasteiger charge is 2.36. The van der Waals surface area contributed by atoms with Gasteiger partial charge in [0, 0.05) is 6.42 Å². The number of imide groups is 1. The van der Waals surface area contributed by atoms with Gasteiger partial charge in [-0.2, -0.15) is 0 Å². The third-order valence-electron chi connectivity index (χ3n) is 2.10. The average Bonchev–Trinajstić information content (AvgIpc) is 2.42. The molecule has 3 amide bonds. The minimum atomic E-state index is -2.37. The van der Waals surface area contributed by atoms with Crippen LogP contribution in [0.15, 0.2) is 0 Å². The number of nitrogens with one attached hydrogen (secondary N) is 2. The smallest absolute Gasteiger partial charge is 0.322 e. The zero-order valence-electron chi connectivity index (χ0n) is 8.82. The number of rotatable bonds is 5. The minimum absolute atomic E-state index is 0.337. The Hall–Kier alpha value is -0.710. The van der Waals surface area contributed by atoms with E-state index in [1.54, 1.807) is 13.6 Å². The Balaban J connectivity index is 2.37. The number of carbonyl (C=O) groups excluding carboxylic acids is 2. The summed E-state index contributed by atoms with van der Waals surface area (Å²) in [6, 6.07) is -1.01. The van der Waals surface area contributed by atoms with Crippen LogP contribution >= 0.6 is 7.72 Å². The molecule has 6 nitrogen and oxygen atoms in total. The lowest BCUT2D eigenvalue weighted by molar-refractivity contribution is -0.120. The summed E-state index contributed by atoms with van der Waals surface area (Å²) >= 11 is 0. The van der Waals surface area contributed by atoms with E-state index in [9.17, 15) is 14.5 Å². The lowest BCUT2D eigenvalue weighted by Gasteiger charge is -2.14. The maximum Gasteiger partial charge on any atom is 0.322 e. The summed E-state index contributed by atoms with van der Waals surface area (Å²) in [5.41, 5.74) is 0.